The van der Waals surface area contributed by atoms with E-state index < -0.39 is 12.6 Å². The minimum absolute atomic E-state index is 0.0773. The van der Waals surface area contributed by atoms with Gasteiger partial charge in [-0.2, -0.15) is 0 Å². The third-order valence-corrected chi connectivity index (χ3v) is 2.32. The maximum atomic E-state index is 12.0. The molecule has 1 rings (SSSR count). The van der Waals surface area contributed by atoms with Crippen molar-refractivity contribution >= 4 is 17.3 Å². The molecule has 0 aliphatic carbocycles. The van der Waals surface area contributed by atoms with Crippen LogP contribution in [0.5, 0.6) is 0 Å². The van der Waals surface area contributed by atoms with E-state index in [4.69, 9.17) is 5.11 Å². The minimum Gasteiger partial charge on any atom is -0.481 e. The van der Waals surface area contributed by atoms with Gasteiger partial charge >= 0.3 is 5.97 Å². The molecule has 5 heteroatoms. The van der Waals surface area contributed by atoms with E-state index in [-0.39, 0.29) is 6.42 Å². The summed E-state index contributed by atoms with van der Waals surface area (Å²) in [5, 5.41) is 8.76. The van der Waals surface area contributed by atoms with Gasteiger partial charge in [0.1, 0.15) is 11.7 Å². The second kappa shape index (κ2) is 4.15. The summed E-state index contributed by atoms with van der Waals surface area (Å²) in [7, 11) is 0. The van der Waals surface area contributed by atoms with E-state index in [2.05, 4.69) is 4.98 Å². The molecule has 0 bridgehead atoms. The summed E-state index contributed by atoms with van der Waals surface area (Å²) in [5.74, 6) is -0.842. The van der Waals surface area contributed by atoms with Crippen molar-refractivity contribution in [2.24, 2.45) is 0 Å². The average molecular weight is 189 g/mol. The van der Waals surface area contributed by atoms with Gasteiger partial charge < -0.3 is 5.11 Å². The molecule has 1 aromatic heterocycles. The van der Waals surface area contributed by atoms with Gasteiger partial charge in [0.05, 0.1) is 6.42 Å². The fraction of sp³-hybridized carbons (Fsp3) is 0.429. The molecule has 1 aromatic rings. The molecule has 0 aliphatic heterocycles. The van der Waals surface area contributed by atoms with Crippen LogP contribution >= 0.6 is 11.3 Å². The maximum Gasteiger partial charge on any atom is 0.303 e. The lowest BCUT2D eigenvalue weighted by Gasteiger charge is -1.89. The molecule has 1 heterocycles. The van der Waals surface area contributed by atoms with Crippen LogP contribution in [-0.4, -0.2) is 16.1 Å². The van der Waals surface area contributed by atoms with Gasteiger partial charge in [-0.15, -0.1) is 11.3 Å². The molecular formula is C7H8FNO2S. The highest BCUT2D eigenvalue weighted by Gasteiger charge is 2.03. The summed E-state index contributed by atoms with van der Waals surface area (Å²) in [6.07, 6.45) is 2.05. The van der Waals surface area contributed by atoms with Gasteiger partial charge in [-0.3, -0.25) is 4.79 Å². The first kappa shape index (κ1) is 9.12. The van der Waals surface area contributed by atoms with Crippen molar-refractivity contribution in [2.45, 2.75) is 19.5 Å². The number of rotatable bonds is 4. The van der Waals surface area contributed by atoms with Gasteiger partial charge in [0, 0.05) is 11.1 Å². The van der Waals surface area contributed by atoms with Crippen LogP contribution in [0.4, 0.5) is 4.39 Å². The second-order valence-electron chi connectivity index (χ2n) is 2.25. The van der Waals surface area contributed by atoms with Crippen molar-refractivity contribution in [3.63, 3.8) is 0 Å². The first-order valence-corrected chi connectivity index (χ1v) is 4.25. The summed E-state index contributed by atoms with van der Waals surface area (Å²) >= 11 is 1.23. The summed E-state index contributed by atoms with van der Waals surface area (Å²) in [4.78, 5) is 14.7. The van der Waals surface area contributed by atoms with Crippen molar-refractivity contribution < 1.29 is 14.3 Å². The number of carboxylic acid groups (broad SMARTS) is 1. The predicted octanol–water partition coefficient (Wildman–Crippen LogP) is 1.63. The number of halogens is 1. The number of alkyl halides is 1. The lowest BCUT2D eigenvalue weighted by Crippen LogP contribution is -1.95. The zero-order valence-corrected chi connectivity index (χ0v) is 7.10. The van der Waals surface area contributed by atoms with Crippen molar-refractivity contribution in [3.05, 3.63) is 16.1 Å². The zero-order valence-electron chi connectivity index (χ0n) is 6.29. The smallest absolute Gasteiger partial charge is 0.303 e. The fourth-order valence-electron chi connectivity index (χ4n) is 0.756. The molecule has 1 N–H and O–H groups in total. The Morgan fingerprint density at radius 3 is 3.00 bits per heavy atom. The van der Waals surface area contributed by atoms with E-state index in [0.29, 0.717) is 11.4 Å². The van der Waals surface area contributed by atoms with E-state index in [1.54, 1.807) is 0 Å². The Balaban J connectivity index is 2.47. The Kier molecular flexibility index (Phi) is 3.16. The van der Waals surface area contributed by atoms with Gasteiger partial charge in [0.2, 0.25) is 0 Å². The van der Waals surface area contributed by atoms with E-state index in [9.17, 15) is 9.18 Å². The van der Waals surface area contributed by atoms with Crippen molar-refractivity contribution in [2.75, 3.05) is 0 Å². The summed E-state index contributed by atoms with van der Waals surface area (Å²) < 4.78 is 12.0. The van der Waals surface area contributed by atoms with Crippen LogP contribution in [0.1, 0.15) is 16.3 Å². The molecule has 0 atom stereocenters. The standard InChI is InChI=1S/C7H8FNO2S/c8-3-6-9-4-5(12-6)1-2-7(10)11/h4H,1-3H2,(H,10,11). The molecule has 0 aliphatic rings. The molecular weight excluding hydrogens is 181 g/mol. The van der Waals surface area contributed by atoms with Crippen molar-refractivity contribution in [1.29, 1.82) is 0 Å². The molecule has 0 spiro atoms. The van der Waals surface area contributed by atoms with Gasteiger partial charge in [0.15, 0.2) is 0 Å². The molecule has 0 unspecified atom stereocenters. The maximum absolute atomic E-state index is 12.0. The lowest BCUT2D eigenvalue weighted by molar-refractivity contribution is -0.136. The molecule has 0 saturated carbocycles. The lowest BCUT2D eigenvalue weighted by atomic mass is 10.3. The molecule has 0 radical (unpaired) electrons. The molecule has 0 amide bonds. The first-order valence-electron chi connectivity index (χ1n) is 3.43. The third-order valence-electron chi connectivity index (χ3n) is 1.30. The van der Waals surface area contributed by atoms with Crippen molar-refractivity contribution in [1.82, 2.24) is 4.98 Å². The molecule has 12 heavy (non-hydrogen) atoms. The van der Waals surface area contributed by atoms with Gasteiger partial charge in [-0.1, -0.05) is 0 Å². The van der Waals surface area contributed by atoms with Crippen LogP contribution in [0.25, 0.3) is 0 Å². The van der Waals surface area contributed by atoms with Gasteiger partial charge in [0.25, 0.3) is 0 Å². The second-order valence-corrected chi connectivity index (χ2v) is 3.45. The minimum atomic E-state index is -0.842. The van der Waals surface area contributed by atoms with Gasteiger partial charge in [-0.05, 0) is 6.42 Å². The Hall–Kier alpha value is -0.970. The number of hydrogen-bond donors (Lipinski definition) is 1. The summed E-state index contributed by atoms with van der Waals surface area (Å²) in [5.41, 5.74) is 0. The number of aryl methyl sites for hydroxylation is 1. The average Bonchev–Trinajstić information content (AvgIpc) is 2.48. The Bertz CT molecular complexity index is 274. The molecule has 0 aromatic carbocycles. The quantitative estimate of drug-likeness (QED) is 0.783. The molecule has 3 nitrogen and oxygen atoms in total. The largest absolute Gasteiger partial charge is 0.481 e. The molecule has 0 saturated heterocycles. The Morgan fingerprint density at radius 2 is 2.50 bits per heavy atom. The number of hydrogen-bond acceptors (Lipinski definition) is 3. The van der Waals surface area contributed by atoms with Crippen LogP contribution in [-0.2, 0) is 17.9 Å². The Morgan fingerprint density at radius 1 is 1.75 bits per heavy atom. The summed E-state index contributed by atoms with van der Waals surface area (Å²) in [6.45, 7) is -0.572. The number of nitrogens with zero attached hydrogens (tertiary/aromatic N) is 1. The first-order chi connectivity index (χ1) is 5.72. The SMILES string of the molecule is O=C(O)CCc1cnc(CF)s1. The number of aromatic nitrogens is 1. The summed E-state index contributed by atoms with van der Waals surface area (Å²) in [6, 6.07) is 0. The van der Waals surface area contributed by atoms with Gasteiger partial charge in [-0.25, -0.2) is 9.37 Å². The van der Waals surface area contributed by atoms with E-state index in [1.807, 2.05) is 0 Å². The number of carboxylic acids is 1. The normalized spacial score (nSPS) is 10.1. The van der Waals surface area contributed by atoms with E-state index in [0.717, 1.165) is 4.88 Å². The number of aliphatic carboxylic acids is 1. The van der Waals surface area contributed by atoms with Crippen molar-refractivity contribution in [3.8, 4) is 0 Å². The van der Waals surface area contributed by atoms with E-state index in [1.165, 1.54) is 17.5 Å². The number of carbonyl (C=O) groups is 1. The highest BCUT2D eigenvalue weighted by molar-refractivity contribution is 7.11. The highest BCUT2D eigenvalue weighted by Crippen LogP contribution is 2.15. The van der Waals surface area contributed by atoms with Crippen LogP contribution in [0.3, 0.4) is 0 Å². The van der Waals surface area contributed by atoms with Crippen LogP contribution in [0.2, 0.25) is 0 Å². The fourth-order valence-corrected chi connectivity index (χ4v) is 1.53. The molecule has 66 valence electrons. The monoisotopic (exact) mass is 189 g/mol. The zero-order chi connectivity index (χ0) is 8.97. The third kappa shape index (κ3) is 2.58. The van der Waals surface area contributed by atoms with Crippen LogP contribution in [0, 0.1) is 0 Å². The predicted molar refractivity (Wildman–Crippen MR) is 42.9 cm³/mol. The Labute approximate surface area is 72.9 Å². The van der Waals surface area contributed by atoms with Crippen LogP contribution in [0.15, 0.2) is 6.20 Å². The highest BCUT2D eigenvalue weighted by atomic mass is 32.1. The topological polar surface area (TPSA) is 50.2 Å². The number of thiazole rings is 1. The van der Waals surface area contributed by atoms with Crippen LogP contribution < -0.4 is 0 Å². The molecule has 0 fully saturated rings. The van der Waals surface area contributed by atoms with E-state index >= 15 is 0 Å².